The number of aromatic carboxylic acids is 1. The molecule has 0 atom stereocenters. The Bertz CT molecular complexity index is 591. The molecular formula is C17H19FO3. The molecule has 0 radical (unpaired) electrons. The fraction of sp³-hybridized carbons (Fsp3) is 0.235. The van der Waals surface area contributed by atoms with Crippen LogP contribution in [0.1, 0.15) is 35.3 Å². The molecule has 0 aliphatic carbocycles. The van der Waals surface area contributed by atoms with Crippen LogP contribution < -0.4 is 4.74 Å². The van der Waals surface area contributed by atoms with Gasteiger partial charge in [0.25, 0.3) is 0 Å². The highest BCUT2D eigenvalue weighted by Gasteiger charge is 2.09. The number of carboxylic acid groups (broad SMARTS) is 1. The summed E-state index contributed by atoms with van der Waals surface area (Å²) in [5.41, 5.74) is 1.86. The van der Waals surface area contributed by atoms with Gasteiger partial charge in [0.1, 0.15) is 0 Å². The summed E-state index contributed by atoms with van der Waals surface area (Å²) in [6.07, 6.45) is 0.487. The van der Waals surface area contributed by atoms with Crippen molar-refractivity contribution in [3.63, 3.8) is 0 Å². The lowest BCUT2D eigenvalue weighted by Gasteiger charge is -2.09. The Morgan fingerprint density at radius 3 is 2.29 bits per heavy atom. The predicted octanol–water partition coefficient (Wildman–Crippen LogP) is 4.15. The lowest BCUT2D eigenvalue weighted by Crippen LogP contribution is -1.98. The molecule has 1 N–H and O–H groups in total. The molecule has 0 aliphatic heterocycles. The van der Waals surface area contributed by atoms with Gasteiger partial charge in [-0.15, -0.1) is 0 Å². The lowest BCUT2D eigenvalue weighted by molar-refractivity contribution is 0.0697. The van der Waals surface area contributed by atoms with E-state index in [1.54, 1.807) is 24.3 Å². The van der Waals surface area contributed by atoms with Crippen LogP contribution in [0.2, 0.25) is 0 Å². The number of ether oxygens (including phenoxy) is 1. The number of carboxylic acids is 1. The molecule has 3 nitrogen and oxygen atoms in total. The second-order valence-corrected chi connectivity index (χ2v) is 4.11. The molecule has 4 heteroatoms. The summed E-state index contributed by atoms with van der Waals surface area (Å²) in [5.74, 6) is -1.14. The summed E-state index contributed by atoms with van der Waals surface area (Å²) >= 11 is 0. The number of benzene rings is 2. The second kappa shape index (κ2) is 8.04. The maximum absolute atomic E-state index is 13.5. The van der Waals surface area contributed by atoms with Gasteiger partial charge in [0.2, 0.25) is 0 Å². The quantitative estimate of drug-likeness (QED) is 0.920. The Labute approximate surface area is 124 Å². The zero-order valence-electron chi connectivity index (χ0n) is 12.4. The topological polar surface area (TPSA) is 46.5 Å². The van der Waals surface area contributed by atoms with Crippen LogP contribution >= 0.6 is 0 Å². The van der Waals surface area contributed by atoms with Gasteiger partial charge in [-0.1, -0.05) is 38.1 Å². The molecule has 2 rings (SSSR count). The van der Waals surface area contributed by atoms with Gasteiger partial charge in [0, 0.05) is 12.0 Å². The van der Waals surface area contributed by atoms with Gasteiger partial charge in [-0.25, -0.2) is 9.18 Å². The maximum atomic E-state index is 13.5. The standard InChI is InChI=1S/C15H13FO3.C2H6/c1-19-14-12(3-2-4-13(14)16)9-10-5-7-11(8-6-10)15(17)18;1-2/h2-8H,9H2,1H3,(H,17,18);1-2H3. The summed E-state index contributed by atoms with van der Waals surface area (Å²) < 4.78 is 18.6. The first-order chi connectivity index (χ1) is 10.1. The third kappa shape index (κ3) is 4.31. The number of methoxy groups -OCH3 is 1. The molecule has 2 aromatic carbocycles. The molecule has 0 amide bonds. The summed E-state index contributed by atoms with van der Waals surface area (Å²) in [4.78, 5) is 10.7. The van der Waals surface area contributed by atoms with Crippen molar-refractivity contribution in [2.45, 2.75) is 20.3 Å². The minimum Gasteiger partial charge on any atom is -0.493 e. The van der Waals surface area contributed by atoms with Gasteiger partial charge in [0.15, 0.2) is 11.6 Å². The molecule has 0 fully saturated rings. The second-order valence-electron chi connectivity index (χ2n) is 4.11. The van der Waals surface area contributed by atoms with Crippen molar-refractivity contribution in [3.8, 4) is 5.75 Å². The maximum Gasteiger partial charge on any atom is 0.335 e. The molecule has 112 valence electrons. The van der Waals surface area contributed by atoms with Crippen molar-refractivity contribution in [3.05, 3.63) is 65.0 Å². The van der Waals surface area contributed by atoms with E-state index in [0.717, 1.165) is 11.1 Å². The first-order valence-electron chi connectivity index (χ1n) is 6.75. The van der Waals surface area contributed by atoms with Gasteiger partial charge in [-0.05, 0) is 23.8 Å². The molecule has 0 aromatic heterocycles. The number of carbonyl (C=O) groups is 1. The molecule has 0 saturated heterocycles. The van der Waals surface area contributed by atoms with Crippen LogP contribution in [-0.4, -0.2) is 18.2 Å². The van der Waals surface area contributed by atoms with E-state index in [0.29, 0.717) is 6.42 Å². The fourth-order valence-electron chi connectivity index (χ4n) is 1.91. The summed E-state index contributed by atoms with van der Waals surface area (Å²) in [7, 11) is 1.43. The van der Waals surface area contributed by atoms with Gasteiger partial charge < -0.3 is 9.84 Å². The van der Waals surface area contributed by atoms with E-state index < -0.39 is 11.8 Å². The van der Waals surface area contributed by atoms with Crippen LogP contribution in [-0.2, 0) is 6.42 Å². The third-order valence-corrected chi connectivity index (χ3v) is 2.85. The Balaban J connectivity index is 0.00000106. The Kier molecular flexibility index (Phi) is 6.40. The van der Waals surface area contributed by atoms with Crippen LogP contribution in [0.25, 0.3) is 0 Å². The number of hydrogen-bond acceptors (Lipinski definition) is 2. The van der Waals surface area contributed by atoms with Crippen LogP contribution in [0, 0.1) is 5.82 Å². The van der Waals surface area contributed by atoms with Crippen molar-refractivity contribution in [1.29, 1.82) is 0 Å². The third-order valence-electron chi connectivity index (χ3n) is 2.85. The number of halogens is 1. The molecular weight excluding hydrogens is 271 g/mol. The van der Waals surface area contributed by atoms with E-state index in [1.807, 2.05) is 13.8 Å². The smallest absolute Gasteiger partial charge is 0.335 e. The average molecular weight is 290 g/mol. The Morgan fingerprint density at radius 1 is 1.14 bits per heavy atom. The van der Waals surface area contributed by atoms with Crippen LogP contribution in [0.15, 0.2) is 42.5 Å². The zero-order chi connectivity index (χ0) is 15.8. The highest BCUT2D eigenvalue weighted by Crippen LogP contribution is 2.24. The lowest BCUT2D eigenvalue weighted by atomic mass is 10.0. The molecule has 0 bridgehead atoms. The molecule has 0 aliphatic rings. The Morgan fingerprint density at radius 2 is 1.76 bits per heavy atom. The van der Waals surface area contributed by atoms with Gasteiger partial charge in [-0.3, -0.25) is 0 Å². The molecule has 0 spiro atoms. The van der Waals surface area contributed by atoms with E-state index >= 15 is 0 Å². The number of rotatable bonds is 4. The van der Waals surface area contributed by atoms with E-state index in [4.69, 9.17) is 9.84 Å². The van der Waals surface area contributed by atoms with Crippen molar-refractivity contribution in [2.75, 3.05) is 7.11 Å². The Hall–Kier alpha value is -2.36. The van der Waals surface area contributed by atoms with Crippen molar-refractivity contribution < 1.29 is 19.0 Å². The SMILES string of the molecule is CC.COc1c(F)cccc1Cc1ccc(C(=O)O)cc1. The molecule has 0 saturated carbocycles. The average Bonchev–Trinajstić information content (AvgIpc) is 2.50. The highest BCUT2D eigenvalue weighted by atomic mass is 19.1. The number of hydrogen-bond donors (Lipinski definition) is 1. The molecule has 0 unspecified atom stereocenters. The predicted molar refractivity (Wildman–Crippen MR) is 80.5 cm³/mol. The fourth-order valence-corrected chi connectivity index (χ4v) is 1.91. The monoisotopic (exact) mass is 290 g/mol. The molecule has 2 aromatic rings. The van der Waals surface area contributed by atoms with Crippen LogP contribution in [0.3, 0.4) is 0 Å². The largest absolute Gasteiger partial charge is 0.493 e. The molecule has 0 heterocycles. The van der Waals surface area contributed by atoms with E-state index in [1.165, 1.54) is 25.3 Å². The van der Waals surface area contributed by atoms with Gasteiger partial charge >= 0.3 is 5.97 Å². The normalized spacial score (nSPS) is 9.52. The molecule has 21 heavy (non-hydrogen) atoms. The van der Waals surface area contributed by atoms with Gasteiger partial charge in [0.05, 0.1) is 12.7 Å². The van der Waals surface area contributed by atoms with Crippen LogP contribution in [0.4, 0.5) is 4.39 Å². The van der Waals surface area contributed by atoms with Crippen molar-refractivity contribution >= 4 is 5.97 Å². The zero-order valence-corrected chi connectivity index (χ0v) is 12.4. The van der Waals surface area contributed by atoms with Crippen molar-refractivity contribution in [2.24, 2.45) is 0 Å². The van der Waals surface area contributed by atoms with Crippen LogP contribution in [0.5, 0.6) is 5.75 Å². The first kappa shape index (κ1) is 16.7. The summed E-state index contributed by atoms with van der Waals surface area (Å²) in [5, 5.41) is 8.81. The van der Waals surface area contributed by atoms with E-state index in [2.05, 4.69) is 0 Å². The summed E-state index contributed by atoms with van der Waals surface area (Å²) in [6.45, 7) is 4.00. The highest BCUT2D eigenvalue weighted by molar-refractivity contribution is 5.87. The number of para-hydroxylation sites is 1. The van der Waals surface area contributed by atoms with E-state index in [-0.39, 0.29) is 11.3 Å². The minimum atomic E-state index is -0.963. The van der Waals surface area contributed by atoms with Crippen molar-refractivity contribution in [1.82, 2.24) is 0 Å². The first-order valence-corrected chi connectivity index (χ1v) is 6.75. The minimum absolute atomic E-state index is 0.227. The van der Waals surface area contributed by atoms with E-state index in [9.17, 15) is 9.18 Å². The summed E-state index contributed by atoms with van der Waals surface area (Å²) in [6, 6.07) is 11.2. The van der Waals surface area contributed by atoms with Gasteiger partial charge in [-0.2, -0.15) is 0 Å².